The second-order valence-corrected chi connectivity index (χ2v) is 7.61. The lowest BCUT2D eigenvalue weighted by molar-refractivity contribution is -0.139. The first kappa shape index (κ1) is 21.5. The summed E-state index contributed by atoms with van der Waals surface area (Å²) in [7, 11) is 5.49. The summed E-state index contributed by atoms with van der Waals surface area (Å²) in [5, 5.41) is 11.1. The number of methoxy groups -OCH3 is 1. The Labute approximate surface area is 176 Å². The van der Waals surface area contributed by atoms with E-state index in [2.05, 4.69) is 4.98 Å². The highest BCUT2D eigenvalue weighted by molar-refractivity contribution is 6.46. The van der Waals surface area contributed by atoms with Crippen molar-refractivity contribution in [2.45, 2.75) is 19.4 Å². The molecule has 3 rings (SSSR count). The SMILES string of the molecule is COc1ccc(/C(O)=C2/C(=O)C(=O)N(CCCN(C)C)C2c2ccncc2)cc1C. The van der Waals surface area contributed by atoms with Crippen LogP contribution in [0.1, 0.15) is 29.2 Å². The van der Waals surface area contributed by atoms with Crippen molar-refractivity contribution >= 4 is 17.4 Å². The first-order chi connectivity index (χ1) is 14.3. The van der Waals surface area contributed by atoms with E-state index in [9.17, 15) is 14.7 Å². The molecule has 1 aliphatic rings. The van der Waals surface area contributed by atoms with Gasteiger partial charge in [-0.25, -0.2) is 0 Å². The highest BCUT2D eigenvalue weighted by Crippen LogP contribution is 2.39. The van der Waals surface area contributed by atoms with E-state index in [1.165, 1.54) is 0 Å². The summed E-state index contributed by atoms with van der Waals surface area (Å²) in [6, 6.07) is 8.04. The lowest BCUT2D eigenvalue weighted by atomic mass is 9.95. The van der Waals surface area contributed by atoms with Crippen LogP contribution in [0.5, 0.6) is 5.75 Å². The summed E-state index contributed by atoms with van der Waals surface area (Å²) in [4.78, 5) is 33.4. The Hall–Kier alpha value is -3.19. The number of pyridine rings is 1. The van der Waals surface area contributed by atoms with Crippen LogP contribution in [0.25, 0.3) is 5.76 Å². The molecule has 1 aliphatic heterocycles. The van der Waals surface area contributed by atoms with Crippen molar-refractivity contribution in [3.63, 3.8) is 0 Å². The number of carbonyl (C=O) groups is 2. The molecule has 1 amide bonds. The predicted octanol–water partition coefficient (Wildman–Crippen LogP) is 2.77. The van der Waals surface area contributed by atoms with Crippen molar-refractivity contribution in [2.75, 3.05) is 34.3 Å². The van der Waals surface area contributed by atoms with Crippen LogP contribution in [0.3, 0.4) is 0 Å². The van der Waals surface area contributed by atoms with E-state index in [1.807, 2.05) is 25.9 Å². The van der Waals surface area contributed by atoms with Crippen LogP contribution < -0.4 is 4.74 Å². The first-order valence-corrected chi connectivity index (χ1v) is 9.83. The minimum absolute atomic E-state index is 0.0978. The summed E-state index contributed by atoms with van der Waals surface area (Å²) < 4.78 is 5.28. The van der Waals surface area contributed by atoms with Crippen molar-refractivity contribution in [3.05, 3.63) is 65.0 Å². The number of carbonyl (C=O) groups excluding carboxylic acids is 2. The van der Waals surface area contributed by atoms with Crippen molar-refractivity contribution in [2.24, 2.45) is 0 Å². The molecule has 1 unspecified atom stereocenters. The van der Waals surface area contributed by atoms with E-state index in [0.717, 1.165) is 17.7 Å². The standard InChI is InChI=1S/C23H27N3O4/c1-15-14-17(6-7-18(15)30-4)21(27)19-20(16-8-10-24-11-9-16)26(23(29)22(19)28)13-5-12-25(2)3/h6-11,14,20,27H,5,12-13H2,1-4H3/b21-19-. The predicted molar refractivity (Wildman–Crippen MR) is 114 cm³/mol. The van der Waals surface area contributed by atoms with E-state index in [-0.39, 0.29) is 11.3 Å². The number of benzene rings is 1. The number of aryl methyl sites for hydroxylation is 1. The van der Waals surface area contributed by atoms with Gasteiger partial charge in [-0.15, -0.1) is 0 Å². The Morgan fingerprint density at radius 1 is 1.20 bits per heavy atom. The van der Waals surface area contributed by atoms with E-state index < -0.39 is 17.7 Å². The largest absolute Gasteiger partial charge is 0.507 e. The average molecular weight is 409 g/mol. The number of hydrogen-bond donors (Lipinski definition) is 1. The molecular formula is C23H27N3O4. The molecule has 2 heterocycles. The third-order valence-corrected chi connectivity index (χ3v) is 5.23. The van der Waals surface area contributed by atoms with Gasteiger partial charge in [0, 0.05) is 24.5 Å². The van der Waals surface area contributed by atoms with Gasteiger partial charge in [0.05, 0.1) is 18.7 Å². The normalized spacial score (nSPS) is 18.3. The fourth-order valence-electron chi connectivity index (χ4n) is 3.74. The van der Waals surface area contributed by atoms with Crippen LogP contribution in [0, 0.1) is 6.92 Å². The Morgan fingerprint density at radius 3 is 2.50 bits per heavy atom. The molecule has 1 aromatic carbocycles. The molecule has 7 nitrogen and oxygen atoms in total. The second kappa shape index (κ2) is 9.09. The van der Waals surface area contributed by atoms with E-state index in [4.69, 9.17) is 4.74 Å². The van der Waals surface area contributed by atoms with Crippen LogP contribution in [0.4, 0.5) is 0 Å². The van der Waals surface area contributed by atoms with Crippen molar-refractivity contribution in [1.82, 2.24) is 14.8 Å². The van der Waals surface area contributed by atoms with Gasteiger partial charge < -0.3 is 19.6 Å². The fraction of sp³-hybridized carbons (Fsp3) is 0.348. The zero-order valence-electron chi connectivity index (χ0n) is 17.8. The number of ether oxygens (including phenoxy) is 1. The van der Waals surface area contributed by atoms with Crippen molar-refractivity contribution < 1.29 is 19.4 Å². The molecule has 1 N–H and O–H groups in total. The molecule has 1 aromatic heterocycles. The number of Topliss-reactive ketones (excluding diaryl/α,β-unsaturated/α-hetero) is 1. The Morgan fingerprint density at radius 2 is 1.90 bits per heavy atom. The molecule has 1 saturated heterocycles. The maximum absolute atomic E-state index is 13.0. The number of hydrogen-bond acceptors (Lipinski definition) is 6. The maximum Gasteiger partial charge on any atom is 0.295 e. The molecule has 0 radical (unpaired) electrons. The molecule has 30 heavy (non-hydrogen) atoms. The number of aromatic nitrogens is 1. The summed E-state index contributed by atoms with van der Waals surface area (Å²) in [6.07, 6.45) is 3.95. The highest BCUT2D eigenvalue weighted by Gasteiger charge is 2.45. The third kappa shape index (κ3) is 4.21. The lowest BCUT2D eigenvalue weighted by Gasteiger charge is -2.25. The maximum atomic E-state index is 13.0. The lowest BCUT2D eigenvalue weighted by Crippen LogP contribution is -2.32. The molecule has 7 heteroatoms. The van der Waals surface area contributed by atoms with Crippen LogP contribution in [0.15, 0.2) is 48.3 Å². The number of aliphatic hydroxyl groups excluding tert-OH is 1. The number of ketones is 1. The van der Waals surface area contributed by atoms with Gasteiger partial charge in [-0.2, -0.15) is 0 Å². The zero-order valence-corrected chi connectivity index (χ0v) is 17.8. The molecule has 0 saturated carbocycles. The van der Waals surface area contributed by atoms with Crippen molar-refractivity contribution in [3.8, 4) is 5.75 Å². The second-order valence-electron chi connectivity index (χ2n) is 7.61. The van der Waals surface area contributed by atoms with E-state index >= 15 is 0 Å². The summed E-state index contributed by atoms with van der Waals surface area (Å²) in [5.74, 6) is -0.771. The molecular weight excluding hydrogens is 382 g/mol. The smallest absolute Gasteiger partial charge is 0.295 e. The number of rotatable bonds is 7. The first-order valence-electron chi connectivity index (χ1n) is 9.83. The summed E-state index contributed by atoms with van der Waals surface area (Å²) in [6.45, 7) is 3.05. The molecule has 0 spiro atoms. The molecule has 1 atom stereocenters. The van der Waals surface area contributed by atoms with Crippen LogP contribution in [-0.4, -0.2) is 65.9 Å². The van der Waals surface area contributed by atoms with Gasteiger partial charge in [0.2, 0.25) is 0 Å². The average Bonchev–Trinajstić information content (AvgIpc) is 2.98. The molecule has 2 aromatic rings. The minimum atomic E-state index is -0.673. The number of nitrogens with zero attached hydrogens (tertiary/aromatic N) is 3. The topological polar surface area (TPSA) is 83.0 Å². The quantitative estimate of drug-likeness (QED) is 0.430. The highest BCUT2D eigenvalue weighted by atomic mass is 16.5. The number of likely N-dealkylation sites (tertiary alicyclic amines) is 1. The molecule has 158 valence electrons. The monoisotopic (exact) mass is 409 g/mol. The Balaban J connectivity index is 2.08. The van der Waals surface area contributed by atoms with Gasteiger partial charge in [-0.05, 0) is 75.4 Å². The van der Waals surface area contributed by atoms with Gasteiger partial charge in [-0.1, -0.05) is 0 Å². The van der Waals surface area contributed by atoms with Gasteiger partial charge in [-0.3, -0.25) is 14.6 Å². The van der Waals surface area contributed by atoms with Gasteiger partial charge in [0.25, 0.3) is 11.7 Å². The molecule has 0 bridgehead atoms. The van der Waals surface area contributed by atoms with Crippen molar-refractivity contribution in [1.29, 1.82) is 0 Å². The van der Waals surface area contributed by atoms with Gasteiger partial charge in [0.1, 0.15) is 11.5 Å². The Kier molecular flexibility index (Phi) is 6.52. The summed E-state index contributed by atoms with van der Waals surface area (Å²) >= 11 is 0. The zero-order chi connectivity index (χ0) is 21.8. The third-order valence-electron chi connectivity index (χ3n) is 5.23. The van der Waals surface area contributed by atoms with Gasteiger partial charge in [0.15, 0.2) is 0 Å². The number of aliphatic hydroxyl groups is 1. The van der Waals surface area contributed by atoms with Crippen LogP contribution in [-0.2, 0) is 9.59 Å². The number of amides is 1. The van der Waals surface area contributed by atoms with Gasteiger partial charge >= 0.3 is 0 Å². The molecule has 0 aliphatic carbocycles. The Bertz CT molecular complexity index is 970. The van der Waals surface area contributed by atoms with Crippen LogP contribution in [0.2, 0.25) is 0 Å². The minimum Gasteiger partial charge on any atom is -0.507 e. The fourth-order valence-corrected chi connectivity index (χ4v) is 3.74. The van der Waals surface area contributed by atoms with Crippen LogP contribution >= 0.6 is 0 Å². The van der Waals surface area contributed by atoms with E-state index in [1.54, 1.807) is 54.7 Å². The molecule has 1 fully saturated rings. The summed E-state index contributed by atoms with van der Waals surface area (Å²) in [5.41, 5.74) is 2.13. The van der Waals surface area contributed by atoms with E-state index in [0.29, 0.717) is 24.3 Å².